The van der Waals surface area contributed by atoms with E-state index < -0.39 is 6.04 Å². The minimum atomic E-state index is -0.420. The van der Waals surface area contributed by atoms with Crippen molar-refractivity contribution < 1.29 is 14.0 Å². The minimum Gasteiger partial charge on any atom is -0.353 e. The number of halogens is 1. The van der Waals surface area contributed by atoms with Crippen molar-refractivity contribution in [2.45, 2.75) is 12.6 Å². The molecule has 0 aliphatic carbocycles. The van der Waals surface area contributed by atoms with Crippen LogP contribution in [0.5, 0.6) is 0 Å². The third kappa shape index (κ3) is 3.51. The van der Waals surface area contributed by atoms with E-state index in [-0.39, 0.29) is 30.7 Å². The quantitative estimate of drug-likeness (QED) is 0.800. The molecule has 6 heteroatoms. The van der Waals surface area contributed by atoms with Crippen LogP contribution in [-0.2, 0) is 16.1 Å². The molecule has 0 radical (unpaired) electrons. The Hall–Kier alpha value is -1.95. The second kappa shape index (κ2) is 5.79. The molecule has 2 amide bonds. The molecule has 1 aromatic rings. The minimum absolute atomic E-state index is 0.114. The van der Waals surface area contributed by atoms with Crippen molar-refractivity contribution in [3.05, 3.63) is 35.6 Å². The van der Waals surface area contributed by atoms with Gasteiger partial charge in [-0.1, -0.05) is 12.1 Å². The van der Waals surface area contributed by atoms with Gasteiger partial charge in [0.2, 0.25) is 11.8 Å². The summed E-state index contributed by atoms with van der Waals surface area (Å²) in [5, 5.41) is 5.50. The van der Waals surface area contributed by atoms with E-state index in [9.17, 15) is 14.0 Å². The fraction of sp³-hybridized carbons (Fsp3) is 0.385. The van der Waals surface area contributed by atoms with E-state index in [1.165, 1.54) is 17.0 Å². The number of nitrogens with one attached hydrogen (secondary N) is 2. The first-order valence-corrected chi connectivity index (χ1v) is 6.06. The molecular formula is C13H16FN3O2. The molecule has 0 spiro atoms. The molecule has 1 atom stereocenters. The Kier molecular flexibility index (Phi) is 4.11. The maximum atomic E-state index is 13.1. The number of hydrogen-bond acceptors (Lipinski definition) is 3. The highest BCUT2D eigenvalue weighted by Gasteiger charge is 2.26. The van der Waals surface area contributed by atoms with E-state index in [2.05, 4.69) is 10.6 Å². The Morgan fingerprint density at radius 2 is 2.32 bits per heavy atom. The van der Waals surface area contributed by atoms with Crippen LogP contribution in [0.2, 0.25) is 0 Å². The molecule has 2 N–H and O–H groups in total. The first-order valence-electron chi connectivity index (χ1n) is 6.06. The van der Waals surface area contributed by atoms with Gasteiger partial charge in [-0.2, -0.15) is 0 Å². The fourth-order valence-corrected chi connectivity index (χ4v) is 1.99. The summed E-state index contributed by atoms with van der Waals surface area (Å²) >= 11 is 0. The molecule has 1 saturated heterocycles. The summed E-state index contributed by atoms with van der Waals surface area (Å²) in [5.41, 5.74) is 0.732. The standard InChI is InChI=1S/C13H16FN3O2/c1-17(8-9-3-2-4-10(14)5-9)13(19)11-6-16-12(18)7-15-11/h2-5,11,15H,6-8H2,1H3,(H,16,18). The second-order valence-corrected chi connectivity index (χ2v) is 4.56. The van der Waals surface area contributed by atoms with Crippen molar-refractivity contribution in [2.75, 3.05) is 20.1 Å². The smallest absolute Gasteiger partial charge is 0.241 e. The molecule has 1 aliphatic rings. The Balaban J connectivity index is 1.94. The average molecular weight is 265 g/mol. The lowest BCUT2D eigenvalue weighted by Gasteiger charge is -2.27. The first kappa shape index (κ1) is 13.5. The zero-order valence-corrected chi connectivity index (χ0v) is 10.6. The van der Waals surface area contributed by atoms with Gasteiger partial charge < -0.3 is 10.2 Å². The van der Waals surface area contributed by atoms with Gasteiger partial charge in [-0.25, -0.2) is 4.39 Å². The lowest BCUT2D eigenvalue weighted by Crippen LogP contribution is -2.58. The van der Waals surface area contributed by atoms with Gasteiger partial charge in [0.15, 0.2) is 0 Å². The summed E-state index contributed by atoms with van der Waals surface area (Å²) in [6, 6.07) is 5.73. The van der Waals surface area contributed by atoms with E-state index in [4.69, 9.17) is 0 Å². The van der Waals surface area contributed by atoms with Crippen molar-refractivity contribution in [3.8, 4) is 0 Å². The summed E-state index contributed by atoms with van der Waals surface area (Å²) in [6.07, 6.45) is 0. The van der Waals surface area contributed by atoms with Crippen molar-refractivity contribution in [1.82, 2.24) is 15.5 Å². The third-order valence-electron chi connectivity index (χ3n) is 3.00. The van der Waals surface area contributed by atoms with E-state index >= 15 is 0 Å². The molecule has 1 aromatic carbocycles. The Morgan fingerprint density at radius 1 is 1.53 bits per heavy atom. The van der Waals surface area contributed by atoms with Crippen LogP contribution >= 0.6 is 0 Å². The number of nitrogens with zero attached hydrogens (tertiary/aromatic N) is 1. The van der Waals surface area contributed by atoms with E-state index in [0.717, 1.165) is 5.56 Å². The molecule has 0 saturated carbocycles. The maximum absolute atomic E-state index is 13.1. The van der Waals surface area contributed by atoms with Crippen LogP contribution in [0, 0.1) is 5.82 Å². The number of piperazine rings is 1. The molecule has 5 nitrogen and oxygen atoms in total. The van der Waals surface area contributed by atoms with Gasteiger partial charge in [0.1, 0.15) is 11.9 Å². The SMILES string of the molecule is CN(Cc1cccc(F)c1)C(=O)C1CNC(=O)CN1. The van der Waals surface area contributed by atoms with Crippen molar-refractivity contribution in [2.24, 2.45) is 0 Å². The third-order valence-corrected chi connectivity index (χ3v) is 3.00. The number of benzene rings is 1. The number of amides is 2. The number of carbonyl (C=O) groups is 2. The number of likely N-dealkylation sites (N-methyl/N-ethyl adjacent to an activating group) is 1. The van der Waals surface area contributed by atoms with Crippen LogP contribution < -0.4 is 10.6 Å². The summed E-state index contributed by atoms with van der Waals surface area (Å²) < 4.78 is 13.1. The predicted octanol–water partition coefficient (Wildman–Crippen LogP) is -0.128. The Labute approximate surface area is 110 Å². The molecule has 2 rings (SSSR count). The normalized spacial score (nSPS) is 18.8. The average Bonchev–Trinajstić information content (AvgIpc) is 2.39. The summed E-state index contributed by atoms with van der Waals surface area (Å²) in [5.74, 6) is -0.553. The van der Waals surface area contributed by atoms with Crippen LogP contribution in [0.1, 0.15) is 5.56 Å². The Morgan fingerprint density at radius 3 is 2.95 bits per heavy atom. The zero-order valence-electron chi connectivity index (χ0n) is 10.6. The van der Waals surface area contributed by atoms with Gasteiger partial charge in [0.05, 0.1) is 6.54 Å². The van der Waals surface area contributed by atoms with Crippen molar-refractivity contribution in [3.63, 3.8) is 0 Å². The highest BCUT2D eigenvalue weighted by molar-refractivity contribution is 5.86. The molecule has 1 fully saturated rings. The molecule has 0 bridgehead atoms. The fourth-order valence-electron chi connectivity index (χ4n) is 1.99. The lowest BCUT2D eigenvalue weighted by atomic mass is 10.1. The highest BCUT2D eigenvalue weighted by Crippen LogP contribution is 2.07. The number of rotatable bonds is 3. The van der Waals surface area contributed by atoms with Crippen LogP contribution in [0.4, 0.5) is 4.39 Å². The highest BCUT2D eigenvalue weighted by atomic mass is 19.1. The first-order chi connectivity index (χ1) is 9.06. The molecule has 1 aliphatic heterocycles. The van der Waals surface area contributed by atoms with E-state index in [1.54, 1.807) is 19.2 Å². The topological polar surface area (TPSA) is 61.4 Å². The molecule has 0 aromatic heterocycles. The van der Waals surface area contributed by atoms with Crippen LogP contribution in [0.25, 0.3) is 0 Å². The molecule has 102 valence electrons. The second-order valence-electron chi connectivity index (χ2n) is 4.56. The largest absolute Gasteiger partial charge is 0.353 e. The molecule has 19 heavy (non-hydrogen) atoms. The van der Waals surface area contributed by atoms with Crippen molar-refractivity contribution in [1.29, 1.82) is 0 Å². The monoisotopic (exact) mass is 265 g/mol. The van der Waals surface area contributed by atoms with Gasteiger partial charge in [-0.3, -0.25) is 14.9 Å². The van der Waals surface area contributed by atoms with Gasteiger partial charge in [-0.15, -0.1) is 0 Å². The lowest BCUT2D eigenvalue weighted by molar-refractivity contribution is -0.134. The van der Waals surface area contributed by atoms with Gasteiger partial charge >= 0.3 is 0 Å². The summed E-state index contributed by atoms with van der Waals surface area (Å²) in [7, 11) is 1.66. The Bertz CT molecular complexity index is 483. The predicted molar refractivity (Wildman–Crippen MR) is 67.7 cm³/mol. The molecular weight excluding hydrogens is 249 g/mol. The van der Waals surface area contributed by atoms with Gasteiger partial charge in [0.25, 0.3) is 0 Å². The van der Waals surface area contributed by atoms with Gasteiger partial charge in [0, 0.05) is 20.1 Å². The van der Waals surface area contributed by atoms with E-state index in [0.29, 0.717) is 6.54 Å². The maximum Gasteiger partial charge on any atom is 0.241 e. The number of carbonyl (C=O) groups excluding carboxylic acids is 2. The van der Waals surface area contributed by atoms with Gasteiger partial charge in [-0.05, 0) is 17.7 Å². The van der Waals surface area contributed by atoms with Crippen LogP contribution in [-0.4, -0.2) is 42.9 Å². The summed E-state index contributed by atoms with van der Waals surface area (Å²) in [6.45, 7) is 0.762. The number of hydrogen-bond donors (Lipinski definition) is 2. The van der Waals surface area contributed by atoms with E-state index in [1.807, 2.05) is 0 Å². The van der Waals surface area contributed by atoms with Crippen LogP contribution in [0.15, 0.2) is 24.3 Å². The van der Waals surface area contributed by atoms with Crippen LogP contribution in [0.3, 0.4) is 0 Å². The molecule has 1 heterocycles. The van der Waals surface area contributed by atoms with Crippen molar-refractivity contribution >= 4 is 11.8 Å². The zero-order chi connectivity index (χ0) is 13.8. The summed E-state index contributed by atoms with van der Waals surface area (Å²) in [4.78, 5) is 24.6. The molecule has 1 unspecified atom stereocenters.